The molecule has 4 rings (SSSR count). The number of benzene rings is 2. The fourth-order valence-electron chi connectivity index (χ4n) is 2.81. The van der Waals surface area contributed by atoms with Crippen molar-refractivity contribution in [3.63, 3.8) is 0 Å². The van der Waals surface area contributed by atoms with E-state index in [4.69, 9.17) is 44.6 Å². The van der Waals surface area contributed by atoms with E-state index in [0.29, 0.717) is 38.6 Å². The van der Waals surface area contributed by atoms with E-state index in [0.717, 1.165) is 5.56 Å². The molecule has 2 N–H and O–H groups in total. The Kier molecular flexibility index (Phi) is 6.55. The Balaban J connectivity index is 1.39. The summed E-state index contributed by atoms with van der Waals surface area (Å²) in [6, 6.07) is 15.6. The van der Waals surface area contributed by atoms with Crippen LogP contribution in [0.2, 0.25) is 10.0 Å². The number of aromatic nitrogens is 2. The molecule has 0 aliphatic carbocycles. The predicted molar refractivity (Wildman–Crippen MR) is 128 cm³/mol. The smallest absolute Gasteiger partial charge is 0.266 e. The molecule has 0 bridgehead atoms. The number of rotatable bonds is 5. The molecule has 4 aromatic rings. The number of hydrogen-bond donors (Lipinski definition) is 2. The molecule has 2 aromatic heterocycles. The number of thiocarbonyl (C=S) groups is 1. The van der Waals surface area contributed by atoms with Crippen LogP contribution in [-0.4, -0.2) is 27.1 Å². The normalized spacial score (nSPS) is 11.7. The van der Waals surface area contributed by atoms with Gasteiger partial charge in [0.1, 0.15) is 5.75 Å². The molecule has 0 saturated carbocycles. The summed E-state index contributed by atoms with van der Waals surface area (Å²) in [5, 5.41) is 6.47. The minimum absolute atomic E-state index is 0.115. The van der Waals surface area contributed by atoms with Crippen molar-refractivity contribution in [1.29, 1.82) is 0 Å². The minimum Gasteiger partial charge on any atom is -0.479 e. The van der Waals surface area contributed by atoms with Crippen molar-refractivity contribution in [3.05, 3.63) is 70.8 Å². The molecule has 7 nitrogen and oxygen atoms in total. The third-order valence-electron chi connectivity index (χ3n) is 4.34. The van der Waals surface area contributed by atoms with Crippen molar-refractivity contribution in [2.24, 2.45) is 0 Å². The molecule has 162 valence electrons. The van der Waals surface area contributed by atoms with Crippen molar-refractivity contribution in [3.8, 4) is 17.2 Å². The van der Waals surface area contributed by atoms with Crippen LogP contribution in [0.4, 0.5) is 5.69 Å². The summed E-state index contributed by atoms with van der Waals surface area (Å²) in [5.74, 6) is 0.340. The van der Waals surface area contributed by atoms with E-state index < -0.39 is 12.0 Å². The number of ether oxygens (including phenoxy) is 1. The van der Waals surface area contributed by atoms with Gasteiger partial charge in [0.05, 0.1) is 5.02 Å². The van der Waals surface area contributed by atoms with Gasteiger partial charge in [-0.15, -0.1) is 0 Å². The zero-order valence-electron chi connectivity index (χ0n) is 16.6. The topological polar surface area (TPSA) is 89.3 Å². The van der Waals surface area contributed by atoms with Gasteiger partial charge in [-0.05, 0) is 67.7 Å². The third-order valence-corrected chi connectivity index (χ3v) is 5.07. The number of nitrogens with one attached hydrogen (secondary N) is 2. The highest BCUT2D eigenvalue weighted by Gasteiger charge is 2.18. The lowest BCUT2D eigenvalue weighted by Crippen LogP contribution is -2.42. The molecule has 0 aliphatic heterocycles. The Morgan fingerprint density at radius 3 is 2.78 bits per heavy atom. The lowest BCUT2D eigenvalue weighted by molar-refractivity contribution is -0.125. The van der Waals surface area contributed by atoms with Gasteiger partial charge in [-0.2, -0.15) is 4.98 Å². The summed E-state index contributed by atoms with van der Waals surface area (Å²) in [6.45, 7) is 1.59. The first-order chi connectivity index (χ1) is 15.4. The van der Waals surface area contributed by atoms with Crippen LogP contribution in [0, 0.1) is 0 Å². The van der Waals surface area contributed by atoms with Gasteiger partial charge in [0.2, 0.25) is 5.89 Å². The Morgan fingerprint density at radius 2 is 2.00 bits per heavy atom. The molecule has 10 heteroatoms. The molecular weight excluding hydrogens is 471 g/mol. The lowest BCUT2D eigenvalue weighted by Gasteiger charge is -2.16. The Bertz CT molecular complexity index is 1280. The number of nitrogens with zero attached hydrogens (tertiary/aromatic N) is 2. The monoisotopic (exact) mass is 486 g/mol. The average Bonchev–Trinajstić information content (AvgIpc) is 3.20. The van der Waals surface area contributed by atoms with Gasteiger partial charge in [0, 0.05) is 22.5 Å². The first-order valence-corrected chi connectivity index (χ1v) is 10.6. The Labute approximate surface area is 198 Å². The maximum Gasteiger partial charge on any atom is 0.266 e. The lowest BCUT2D eigenvalue weighted by atomic mass is 10.2. The SMILES string of the molecule is CC(Oc1ccc(Cl)cc1Cl)C(=O)NC(=S)Nc1cccc(-c2nc3ncccc3o2)c1. The molecule has 0 spiro atoms. The van der Waals surface area contributed by atoms with Crippen LogP contribution in [0.5, 0.6) is 5.75 Å². The van der Waals surface area contributed by atoms with Crippen LogP contribution < -0.4 is 15.4 Å². The van der Waals surface area contributed by atoms with E-state index in [1.807, 2.05) is 12.1 Å². The highest BCUT2D eigenvalue weighted by Crippen LogP contribution is 2.28. The number of oxazole rings is 1. The zero-order valence-corrected chi connectivity index (χ0v) is 19.0. The second-order valence-corrected chi connectivity index (χ2v) is 7.96. The number of amides is 1. The predicted octanol–water partition coefficient (Wildman–Crippen LogP) is 5.48. The number of pyridine rings is 1. The van der Waals surface area contributed by atoms with Gasteiger partial charge in [-0.25, -0.2) is 4.98 Å². The van der Waals surface area contributed by atoms with E-state index in [1.54, 1.807) is 49.5 Å². The molecule has 2 heterocycles. The van der Waals surface area contributed by atoms with Crippen LogP contribution in [0.1, 0.15) is 6.92 Å². The highest BCUT2D eigenvalue weighted by atomic mass is 35.5. The van der Waals surface area contributed by atoms with Gasteiger partial charge in [-0.3, -0.25) is 10.1 Å². The van der Waals surface area contributed by atoms with Crippen molar-refractivity contribution < 1.29 is 13.9 Å². The van der Waals surface area contributed by atoms with Crippen LogP contribution >= 0.6 is 35.4 Å². The molecule has 1 atom stereocenters. The molecule has 1 amide bonds. The third kappa shape index (κ3) is 5.16. The maximum atomic E-state index is 12.4. The van der Waals surface area contributed by atoms with Gasteiger partial charge >= 0.3 is 0 Å². The number of halogens is 2. The first kappa shape index (κ1) is 22.0. The number of carbonyl (C=O) groups is 1. The molecule has 0 fully saturated rings. The quantitative estimate of drug-likeness (QED) is 0.361. The second kappa shape index (κ2) is 9.52. The summed E-state index contributed by atoms with van der Waals surface area (Å²) in [4.78, 5) is 21.0. The number of anilines is 1. The number of hydrogen-bond acceptors (Lipinski definition) is 6. The van der Waals surface area contributed by atoms with E-state index in [9.17, 15) is 4.79 Å². The summed E-state index contributed by atoms with van der Waals surface area (Å²) in [5.41, 5.74) is 2.50. The Morgan fingerprint density at radius 1 is 1.16 bits per heavy atom. The Hall–Kier alpha value is -3.20. The van der Waals surface area contributed by atoms with Crippen molar-refractivity contribution in [2.45, 2.75) is 13.0 Å². The van der Waals surface area contributed by atoms with Gasteiger partial charge in [-0.1, -0.05) is 29.3 Å². The van der Waals surface area contributed by atoms with E-state index >= 15 is 0 Å². The van der Waals surface area contributed by atoms with E-state index in [-0.39, 0.29) is 5.11 Å². The molecule has 1 unspecified atom stereocenters. The molecule has 0 radical (unpaired) electrons. The summed E-state index contributed by atoms with van der Waals surface area (Å²) in [7, 11) is 0. The van der Waals surface area contributed by atoms with Crippen molar-refractivity contribution in [2.75, 3.05) is 5.32 Å². The fraction of sp³-hybridized carbons (Fsp3) is 0.0909. The second-order valence-electron chi connectivity index (χ2n) is 6.70. The standard InChI is InChI=1S/C22H16Cl2N4O3S/c1-12(30-17-8-7-14(23)11-16(17)24)20(29)28-22(32)26-15-5-2-4-13(10-15)21-27-19-18(31-21)6-3-9-25-19/h2-12H,1H3,(H2,26,28,29,32). The fourth-order valence-corrected chi connectivity index (χ4v) is 3.48. The highest BCUT2D eigenvalue weighted by molar-refractivity contribution is 7.80. The van der Waals surface area contributed by atoms with Crippen LogP contribution in [-0.2, 0) is 4.79 Å². The summed E-state index contributed by atoms with van der Waals surface area (Å²) < 4.78 is 11.3. The average molecular weight is 487 g/mol. The van der Waals surface area contributed by atoms with Crippen LogP contribution in [0.3, 0.4) is 0 Å². The first-order valence-electron chi connectivity index (χ1n) is 9.44. The molecule has 2 aromatic carbocycles. The largest absolute Gasteiger partial charge is 0.479 e. The van der Waals surface area contributed by atoms with Gasteiger partial charge in [0.25, 0.3) is 5.91 Å². The maximum absolute atomic E-state index is 12.4. The molecule has 32 heavy (non-hydrogen) atoms. The van der Waals surface area contributed by atoms with Crippen LogP contribution in [0.25, 0.3) is 22.7 Å². The molecule has 0 saturated heterocycles. The molecular formula is C22H16Cl2N4O3S. The van der Waals surface area contributed by atoms with Crippen molar-refractivity contribution in [1.82, 2.24) is 15.3 Å². The molecule has 0 aliphatic rings. The summed E-state index contributed by atoms with van der Waals surface area (Å²) in [6.07, 6.45) is 0.811. The van der Waals surface area contributed by atoms with Crippen molar-refractivity contribution >= 4 is 63.4 Å². The van der Waals surface area contributed by atoms with Crippen LogP contribution in [0.15, 0.2) is 65.2 Å². The number of carbonyl (C=O) groups excluding carboxylic acids is 1. The minimum atomic E-state index is -0.841. The van der Waals surface area contributed by atoms with E-state index in [1.165, 1.54) is 6.07 Å². The van der Waals surface area contributed by atoms with Gasteiger partial charge in [0.15, 0.2) is 22.4 Å². The van der Waals surface area contributed by atoms with Gasteiger partial charge < -0.3 is 14.5 Å². The van der Waals surface area contributed by atoms with E-state index in [2.05, 4.69) is 20.6 Å². The number of fused-ring (bicyclic) bond motifs is 1. The summed E-state index contributed by atoms with van der Waals surface area (Å²) >= 11 is 17.2. The zero-order chi connectivity index (χ0) is 22.7.